The molecule has 0 spiro atoms. The zero-order chi connectivity index (χ0) is 10.8. The summed E-state index contributed by atoms with van der Waals surface area (Å²) < 4.78 is 0. The Balaban J connectivity index is 2.90. The Morgan fingerprint density at radius 2 is 1.93 bits per heavy atom. The van der Waals surface area contributed by atoms with E-state index in [0.29, 0.717) is 6.04 Å². The molecule has 78 valence electrons. The largest absolute Gasteiger partial charge is 0.386 e. The van der Waals surface area contributed by atoms with E-state index in [-0.39, 0.29) is 0 Å². The predicted octanol–water partition coefficient (Wildman–Crippen LogP) is 2.73. The normalized spacial score (nSPS) is 11.9. The summed E-state index contributed by atoms with van der Waals surface area (Å²) in [6.07, 6.45) is 0. The first-order valence-electron chi connectivity index (χ1n) is 4.99. The van der Waals surface area contributed by atoms with Crippen LogP contribution in [0.2, 0.25) is 0 Å². The van der Waals surface area contributed by atoms with Crippen molar-refractivity contribution in [2.24, 2.45) is 0 Å². The van der Waals surface area contributed by atoms with Gasteiger partial charge in [0.2, 0.25) is 0 Å². The number of rotatable bonds is 3. The van der Waals surface area contributed by atoms with Crippen molar-refractivity contribution in [2.75, 3.05) is 5.32 Å². The van der Waals surface area contributed by atoms with Gasteiger partial charge in [-0.15, -0.1) is 0 Å². The summed E-state index contributed by atoms with van der Waals surface area (Å²) >= 11 is 0. The minimum Gasteiger partial charge on any atom is -0.386 e. The Morgan fingerprint density at radius 1 is 1.29 bits per heavy atom. The third-order valence-corrected chi connectivity index (χ3v) is 2.02. The molecule has 0 atom stereocenters. The number of nitrogens with one attached hydrogen (secondary N) is 1. The molecule has 2 N–H and O–H groups in total. The maximum absolute atomic E-state index is 9.82. The van der Waals surface area contributed by atoms with E-state index in [2.05, 4.69) is 19.2 Å². The number of hydrogen-bond acceptors (Lipinski definition) is 2. The summed E-state index contributed by atoms with van der Waals surface area (Å²) in [7, 11) is 0. The number of hydrogen-bond donors (Lipinski definition) is 2. The molecule has 1 aromatic rings. The Morgan fingerprint density at radius 3 is 2.43 bits per heavy atom. The molecule has 0 bridgehead atoms. The topological polar surface area (TPSA) is 32.3 Å². The molecule has 0 radical (unpaired) electrons. The fraction of sp³-hybridized carbons (Fsp3) is 0.500. The molecule has 2 heteroatoms. The van der Waals surface area contributed by atoms with Gasteiger partial charge in [0.25, 0.3) is 0 Å². The minimum atomic E-state index is -0.769. The van der Waals surface area contributed by atoms with Crippen LogP contribution in [0.15, 0.2) is 24.3 Å². The van der Waals surface area contributed by atoms with Crippen LogP contribution in [0.5, 0.6) is 0 Å². The standard InChI is InChI=1S/C12H19NO/c1-9(2)13-11-7-5-6-10(8-11)12(3,4)14/h5-9,13-14H,1-4H3. The Kier molecular flexibility index (Phi) is 3.17. The fourth-order valence-electron chi connectivity index (χ4n) is 1.32. The van der Waals surface area contributed by atoms with Crippen LogP contribution in [0.25, 0.3) is 0 Å². The van der Waals surface area contributed by atoms with Crippen molar-refractivity contribution >= 4 is 5.69 Å². The second-order valence-corrected chi connectivity index (χ2v) is 4.44. The molecule has 1 rings (SSSR count). The lowest BCUT2D eigenvalue weighted by Gasteiger charge is -2.19. The van der Waals surface area contributed by atoms with E-state index in [1.807, 2.05) is 24.3 Å². The molecule has 0 saturated carbocycles. The number of benzene rings is 1. The highest BCUT2D eigenvalue weighted by Gasteiger charge is 2.15. The van der Waals surface area contributed by atoms with Gasteiger partial charge in [0.15, 0.2) is 0 Å². The van der Waals surface area contributed by atoms with Crippen LogP contribution in [-0.4, -0.2) is 11.1 Å². The molecule has 0 aliphatic carbocycles. The van der Waals surface area contributed by atoms with Crippen LogP contribution < -0.4 is 5.32 Å². The summed E-state index contributed by atoms with van der Waals surface area (Å²) in [4.78, 5) is 0. The maximum atomic E-state index is 9.82. The molecule has 0 saturated heterocycles. The van der Waals surface area contributed by atoms with E-state index in [1.165, 1.54) is 0 Å². The lowest BCUT2D eigenvalue weighted by Crippen LogP contribution is -2.16. The molecule has 14 heavy (non-hydrogen) atoms. The molecule has 0 fully saturated rings. The quantitative estimate of drug-likeness (QED) is 0.773. The lowest BCUT2D eigenvalue weighted by molar-refractivity contribution is 0.0786. The number of anilines is 1. The van der Waals surface area contributed by atoms with Crippen molar-refractivity contribution in [1.29, 1.82) is 0 Å². The SMILES string of the molecule is CC(C)Nc1cccc(C(C)(C)O)c1. The molecule has 1 aromatic carbocycles. The zero-order valence-electron chi connectivity index (χ0n) is 9.33. The molecule has 0 aromatic heterocycles. The first-order valence-corrected chi connectivity index (χ1v) is 4.99. The van der Waals surface area contributed by atoms with Crippen LogP contribution in [0, 0.1) is 0 Å². The van der Waals surface area contributed by atoms with Gasteiger partial charge in [-0.05, 0) is 45.4 Å². The Bertz CT molecular complexity index is 299. The average molecular weight is 193 g/mol. The highest BCUT2D eigenvalue weighted by atomic mass is 16.3. The van der Waals surface area contributed by atoms with Crippen molar-refractivity contribution < 1.29 is 5.11 Å². The van der Waals surface area contributed by atoms with Crippen molar-refractivity contribution in [3.05, 3.63) is 29.8 Å². The number of aliphatic hydroxyl groups is 1. The highest BCUT2D eigenvalue weighted by Crippen LogP contribution is 2.22. The van der Waals surface area contributed by atoms with Crippen molar-refractivity contribution in [2.45, 2.75) is 39.3 Å². The molecule has 0 amide bonds. The van der Waals surface area contributed by atoms with Gasteiger partial charge in [-0.1, -0.05) is 12.1 Å². The van der Waals surface area contributed by atoms with Gasteiger partial charge in [0, 0.05) is 11.7 Å². The zero-order valence-corrected chi connectivity index (χ0v) is 9.33. The first-order chi connectivity index (χ1) is 6.39. The van der Waals surface area contributed by atoms with Crippen LogP contribution in [0.1, 0.15) is 33.3 Å². The summed E-state index contributed by atoms with van der Waals surface area (Å²) in [5.74, 6) is 0. The second-order valence-electron chi connectivity index (χ2n) is 4.44. The van der Waals surface area contributed by atoms with Crippen LogP contribution >= 0.6 is 0 Å². The Labute approximate surface area is 86.0 Å². The summed E-state index contributed by atoms with van der Waals surface area (Å²) in [6.45, 7) is 7.77. The fourth-order valence-corrected chi connectivity index (χ4v) is 1.32. The minimum absolute atomic E-state index is 0.409. The second kappa shape index (κ2) is 4.01. The van der Waals surface area contributed by atoms with Crippen LogP contribution in [-0.2, 0) is 5.60 Å². The van der Waals surface area contributed by atoms with Gasteiger partial charge in [0.05, 0.1) is 5.60 Å². The average Bonchev–Trinajstić information content (AvgIpc) is 2.01. The lowest BCUT2D eigenvalue weighted by atomic mass is 9.98. The summed E-state index contributed by atoms with van der Waals surface area (Å²) in [6, 6.07) is 8.30. The van der Waals surface area contributed by atoms with E-state index in [4.69, 9.17) is 0 Å². The van der Waals surface area contributed by atoms with E-state index in [1.54, 1.807) is 13.8 Å². The van der Waals surface area contributed by atoms with E-state index in [9.17, 15) is 5.11 Å². The van der Waals surface area contributed by atoms with Gasteiger partial charge < -0.3 is 10.4 Å². The molecule has 2 nitrogen and oxygen atoms in total. The summed E-state index contributed by atoms with van der Waals surface area (Å²) in [5, 5.41) is 13.1. The highest BCUT2D eigenvalue weighted by molar-refractivity contribution is 5.47. The molecule has 0 unspecified atom stereocenters. The first kappa shape index (κ1) is 11.1. The van der Waals surface area contributed by atoms with E-state index >= 15 is 0 Å². The van der Waals surface area contributed by atoms with Gasteiger partial charge in [-0.25, -0.2) is 0 Å². The van der Waals surface area contributed by atoms with E-state index in [0.717, 1.165) is 11.3 Å². The molecule has 0 heterocycles. The molecular weight excluding hydrogens is 174 g/mol. The summed E-state index contributed by atoms with van der Waals surface area (Å²) in [5.41, 5.74) is 1.22. The third kappa shape index (κ3) is 3.04. The monoisotopic (exact) mass is 193 g/mol. The molecular formula is C12H19NO. The van der Waals surface area contributed by atoms with Gasteiger partial charge >= 0.3 is 0 Å². The van der Waals surface area contributed by atoms with E-state index < -0.39 is 5.60 Å². The van der Waals surface area contributed by atoms with Gasteiger partial charge in [-0.3, -0.25) is 0 Å². The smallest absolute Gasteiger partial charge is 0.0841 e. The molecule has 0 aliphatic heterocycles. The molecule has 0 aliphatic rings. The Hall–Kier alpha value is -1.02. The van der Waals surface area contributed by atoms with Crippen molar-refractivity contribution in [3.63, 3.8) is 0 Å². The van der Waals surface area contributed by atoms with Crippen LogP contribution in [0.3, 0.4) is 0 Å². The third-order valence-electron chi connectivity index (χ3n) is 2.02. The van der Waals surface area contributed by atoms with Crippen molar-refractivity contribution in [1.82, 2.24) is 0 Å². The van der Waals surface area contributed by atoms with Gasteiger partial charge in [-0.2, -0.15) is 0 Å². The van der Waals surface area contributed by atoms with Crippen LogP contribution in [0.4, 0.5) is 5.69 Å². The van der Waals surface area contributed by atoms with Gasteiger partial charge in [0.1, 0.15) is 0 Å². The van der Waals surface area contributed by atoms with Crippen molar-refractivity contribution in [3.8, 4) is 0 Å². The predicted molar refractivity (Wildman–Crippen MR) is 60.4 cm³/mol. The maximum Gasteiger partial charge on any atom is 0.0841 e.